The lowest BCUT2D eigenvalue weighted by Gasteiger charge is -2.31. The Morgan fingerprint density at radius 2 is 1.67 bits per heavy atom. The molecule has 1 aromatic carbocycles. The highest BCUT2D eigenvalue weighted by Crippen LogP contribution is 2.21. The zero-order valence-corrected chi connectivity index (χ0v) is 39.8. The Hall–Kier alpha value is -7.47. The van der Waals surface area contributed by atoms with Gasteiger partial charge in [0.1, 0.15) is 48.0 Å². The van der Waals surface area contributed by atoms with E-state index in [9.17, 15) is 53.4 Å². The van der Waals surface area contributed by atoms with Crippen LogP contribution in [0.2, 0.25) is 0 Å². The van der Waals surface area contributed by atoms with Gasteiger partial charge in [0.05, 0.1) is 6.33 Å². The van der Waals surface area contributed by atoms with E-state index in [1.165, 1.54) is 48.7 Å². The van der Waals surface area contributed by atoms with Gasteiger partial charge in [-0.05, 0) is 75.0 Å². The summed E-state index contributed by atoms with van der Waals surface area (Å²) in [6, 6.07) is -3.72. The molecule has 0 bridgehead atoms. The van der Waals surface area contributed by atoms with Crippen LogP contribution in [0.4, 0.5) is 4.79 Å². The van der Waals surface area contributed by atoms with Crippen LogP contribution in [0.5, 0.6) is 5.75 Å². The lowest BCUT2D eigenvalue weighted by Crippen LogP contribution is -2.60. The number of rotatable bonds is 19. The average molecular weight is 981 g/mol. The van der Waals surface area contributed by atoms with Crippen molar-refractivity contribution in [3.63, 3.8) is 0 Å². The number of hydrogen-bond donors (Lipinski definition) is 13. The number of urea groups is 1. The molecule has 0 saturated carbocycles. The minimum Gasteiger partial charge on any atom is -0.508 e. The maximum atomic E-state index is 14.5. The smallest absolute Gasteiger partial charge is 0.326 e. The zero-order chi connectivity index (χ0) is 51.3. The molecule has 3 heterocycles. The van der Waals surface area contributed by atoms with Crippen molar-refractivity contribution in [2.75, 3.05) is 26.7 Å². The largest absolute Gasteiger partial charge is 0.508 e. The quantitative estimate of drug-likeness (QED) is 0.0407. The molecule has 2 aliphatic heterocycles. The summed E-state index contributed by atoms with van der Waals surface area (Å²) in [5.41, 5.74) is 11.8. The van der Waals surface area contributed by atoms with Crippen molar-refractivity contribution in [3.8, 4) is 5.75 Å². The second kappa shape index (κ2) is 27.5. The Balaban J connectivity index is 1.64. The summed E-state index contributed by atoms with van der Waals surface area (Å²) in [5.74, 6) is -6.82. The highest BCUT2D eigenvalue weighted by atomic mass is 16.4. The fourth-order valence-corrected chi connectivity index (χ4v) is 8.02. The molecule has 9 amide bonds. The highest BCUT2D eigenvalue weighted by molar-refractivity contribution is 5.98. The van der Waals surface area contributed by atoms with Crippen molar-refractivity contribution < 1.29 is 53.4 Å². The van der Waals surface area contributed by atoms with Gasteiger partial charge in [-0.2, -0.15) is 0 Å². The Kier molecular flexibility index (Phi) is 21.7. The number of amides is 9. The monoisotopic (exact) mass is 981 g/mol. The minimum atomic E-state index is -1.42. The van der Waals surface area contributed by atoms with Gasteiger partial charge in [0.15, 0.2) is 5.96 Å². The summed E-state index contributed by atoms with van der Waals surface area (Å²) in [7, 11) is 1.35. The molecular formula is C45H68N14O11. The summed E-state index contributed by atoms with van der Waals surface area (Å²) < 4.78 is 0. The number of guanidine groups is 1. The first-order valence-corrected chi connectivity index (χ1v) is 23.5. The second-order valence-corrected chi connectivity index (χ2v) is 17.4. The lowest BCUT2D eigenvalue weighted by atomic mass is 9.98. The van der Waals surface area contributed by atoms with Crippen molar-refractivity contribution in [1.29, 1.82) is 0 Å². The number of aromatic amines is 1. The molecule has 1 unspecified atom stereocenters. The van der Waals surface area contributed by atoms with Crippen LogP contribution in [0.25, 0.3) is 0 Å². The van der Waals surface area contributed by atoms with Gasteiger partial charge in [0, 0.05) is 57.8 Å². The molecule has 2 saturated heterocycles. The third-order valence-corrected chi connectivity index (χ3v) is 12.2. The first kappa shape index (κ1) is 55.1. The number of nitrogens with two attached hydrogens (primary N) is 2. The number of imidazole rings is 1. The number of carboxylic acids is 1. The number of aliphatic imine (C=N–C) groups is 1. The number of aromatic nitrogens is 2. The van der Waals surface area contributed by atoms with E-state index in [-0.39, 0.29) is 82.7 Å². The summed E-state index contributed by atoms with van der Waals surface area (Å²) in [6.07, 6.45) is 4.25. The standard InChI is InChI=1S/C45H68N14O11/c1-4-25(2)36(43(68)69)58-41(66)34-11-8-20-59(34)42(67)33(22-27-23-49-24-52-27)56-37(62)29-9-5-6-18-50-35(61)17-16-31(54-38(63)30(57-45(70)48-3)10-7-19-51-44(46)47)39(64)55-32(40(65)53-29)21-26-12-14-28(60)15-13-26/h12-15,23-25,29-34,36,60H,4-11,16-22H2,1-3H3,(H,49,52)(H,50,61)(H,53,65)(H,54,63)(H,55,64)(H,56,62)(H,58,66)(H,68,69)(H4,46,47,51)(H2,48,57,70)/t25?,29-,30-,31-,32-,33-,34-,36+/m0/s1. The van der Waals surface area contributed by atoms with Gasteiger partial charge >= 0.3 is 12.0 Å². The van der Waals surface area contributed by atoms with E-state index < -0.39 is 102 Å². The Morgan fingerprint density at radius 1 is 0.929 bits per heavy atom. The van der Waals surface area contributed by atoms with Crippen LogP contribution < -0.4 is 54.0 Å². The molecule has 25 nitrogen and oxygen atoms in total. The SMILES string of the molecule is CCC(C)[C@@H](NC(=O)[C@@H]1CCCN1C(=O)[C@H](Cc1cnc[nH]1)NC(=O)[C@@H]1CCCCNC(=O)CC[C@H](NC(=O)[C@H](CCCN=C(N)N)NC(=O)NC)C(=O)N[C@@H](Cc2ccc(O)cc2)C(=O)N1)C(=O)O. The number of likely N-dealkylation sites (tertiary alicyclic amines) is 1. The number of carbonyl (C=O) groups excluding carboxylic acids is 8. The summed E-state index contributed by atoms with van der Waals surface area (Å²) in [4.78, 5) is 135. The average Bonchev–Trinajstić information content (AvgIpc) is 4.05. The van der Waals surface area contributed by atoms with E-state index in [1.54, 1.807) is 13.8 Å². The second-order valence-electron chi connectivity index (χ2n) is 17.4. The van der Waals surface area contributed by atoms with Crippen molar-refractivity contribution in [3.05, 3.63) is 48.0 Å². The highest BCUT2D eigenvalue weighted by Gasteiger charge is 2.41. The van der Waals surface area contributed by atoms with Gasteiger partial charge in [-0.25, -0.2) is 14.6 Å². The molecule has 8 atom stereocenters. The molecule has 1 aromatic heterocycles. The van der Waals surface area contributed by atoms with Gasteiger partial charge in [0.2, 0.25) is 41.4 Å². The molecule has 2 aliphatic rings. The predicted molar refractivity (Wildman–Crippen MR) is 253 cm³/mol. The molecule has 0 aliphatic carbocycles. The van der Waals surface area contributed by atoms with Crippen molar-refractivity contribution in [2.45, 2.75) is 133 Å². The normalized spacial score (nSPS) is 20.8. The molecule has 384 valence electrons. The number of nitrogens with one attached hydrogen (secondary N) is 9. The maximum Gasteiger partial charge on any atom is 0.326 e. The van der Waals surface area contributed by atoms with E-state index in [0.717, 1.165) is 0 Å². The molecule has 2 fully saturated rings. The molecule has 15 N–H and O–H groups in total. The number of aromatic hydroxyl groups is 1. The Bertz CT molecular complexity index is 2150. The lowest BCUT2D eigenvalue weighted by molar-refractivity contribution is -0.146. The fourth-order valence-electron chi connectivity index (χ4n) is 8.02. The van der Waals surface area contributed by atoms with Gasteiger partial charge in [0.25, 0.3) is 0 Å². The number of nitrogens with zero attached hydrogens (tertiary/aromatic N) is 3. The molecular weight excluding hydrogens is 913 g/mol. The van der Waals surface area contributed by atoms with E-state index in [0.29, 0.717) is 36.9 Å². The summed E-state index contributed by atoms with van der Waals surface area (Å²) in [5, 5.41) is 40.9. The van der Waals surface area contributed by atoms with Crippen LogP contribution in [-0.2, 0) is 51.2 Å². The van der Waals surface area contributed by atoms with Gasteiger partial charge < -0.3 is 74.1 Å². The predicted octanol–water partition coefficient (Wildman–Crippen LogP) is -2.12. The number of carbonyl (C=O) groups is 9. The summed E-state index contributed by atoms with van der Waals surface area (Å²) >= 11 is 0. The van der Waals surface area contributed by atoms with Gasteiger partial charge in [-0.3, -0.25) is 38.6 Å². The number of hydrogen-bond acceptors (Lipinski definition) is 12. The number of phenolic OH excluding ortho intramolecular Hbond substituents is 1. The van der Waals surface area contributed by atoms with E-state index >= 15 is 0 Å². The molecule has 2 aromatic rings. The summed E-state index contributed by atoms with van der Waals surface area (Å²) in [6.45, 7) is 3.92. The number of H-pyrrole nitrogens is 1. The number of carboxylic acid groups (broad SMARTS) is 1. The van der Waals surface area contributed by atoms with E-state index in [4.69, 9.17) is 11.5 Å². The number of phenols is 1. The van der Waals surface area contributed by atoms with Crippen LogP contribution >= 0.6 is 0 Å². The number of aliphatic carboxylic acids is 1. The van der Waals surface area contributed by atoms with Crippen LogP contribution in [0.1, 0.15) is 89.3 Å². The van der Waals surface area contributed by atoms with Crippen LogP contribution in [-0.4, -0.2) is 153 Å². The molecule has 25 heteroatoms. The Morgan fingerprint density at radius 3 is 2.33 bits per heavy atom. The van der Waals surface area contributed by atoms with Crippen molar-refractivity contribution >= 4 is 59.3 Å². The maximum absolute atomic E-state index is 14.5. The first-order chi connectivity index (χ1) is 33.4. The van der Waals surface area contributed by atoms with Crippen LogP contribution in [0, 0.1) is 5.92 Å². The van der Waals surface area contributed by atoms with Crippen molar-refractivity contribution in [2.24, 2.45) is 22.4 Å². The van der Waals surface area contributed by atoms with Crippen molar-refractivity contribution in [1.82, 2.24) is 57.4 Å². The minimum absolute atomic E-state index is 0.0147. The third kappa shape index (κ3) is 17.2. The van der Waals surface area contributed by atoms with Crippen LogP contribution in [0.15, 0.2) is 41.8 Å². The zero-order valence-electron chi connectivity index (χ0n) is 39.8. The van der Waals surface area contributed by atoms with Gasteiger partial charge in [-0.1, -0.05) is 32.4 Å². The third-order valence-electron chi connectivity index (χ3n) is 12.2. The molecule has 4 rings (SSSR count). The fraction of sp³-hybridized carbons (Fsp3) is 0.578. The Labute approximate surface area is 405 Å². The van der Waals surface area contributed by atoms with Gasteiger partial charge in [-0.15, -0.1) is 0 Å². The van der Waals surface area contributed by atoms with E-state index in [1.807, 2.05) is 0 Å². The van der Waals surface area contributed by atoms with Crippen LogP contribution in [0.3, 0.4) is 0 Å². The topological polar surface area (TPSA) is 387 Å². The molecule has 70 heavy (non-hydrogen) atoms. The van der Waals surface area contributed by atoms with E-state index in [2.05, 4.69) is 57.5 Å². The molecule has 0 radical (unpaired) electrons. The number of benzene rings is 1. The first-order valence-electron chi connectivity index (χ1n) is 23.5. The molecule has 0 spiro atoms.